The van der Waals surface area contributed by atoms with E-state index in [2.05, 4.69) is 9.71 Å². The van der Waals surface area contributed by atoms with E-state index in [0.717, 1.165) is 5.56 Å². The van der Waals surface area contributed by atoms with E-state index in [1.54, 1.807) is 38.2 Å². The minimum atomic E-state index is -3.69. The van der Waals surface area contributed by atoms with Gasteiger partial charge in [0.1, 0.15) is 0 Å². The lowest BCUT2D eigenvalue weighted by Gasteiger charge is -2.16. The van der Waals surface area contributed by atoms with Gasteiger partial charge in [-0.3, -0.25) is 9.71 Å². The van der Waals surface area contributed by atoms with Crippen LogP contribution in [0.15, 0.2) is 35.5 Å². The van der Waals surface area contributed by atoms with Crippen molar-refractivity contribution >= 4 is 21.4 Å². The van der Waals surface area contributed by atoms with E-state index < -0.39 is 10.0 Å². The van der Waals surface area contributed by atoms with E-state index in [0.29, 0.717) is 22.5 Å². The SMILES string of the molecule is Cc1cc(N)c(C)c(S(=O)(=O)Nc2cccnc2)c1C. The van der Waals surface area contributed by atoms with Crippen molar-refractivity contribution in [1.82, 2.24) is 4.98 Å². The van der Waals surface area contributed by atoms with Gasteiger partial charge in [-0.1, -0.05) is 0 Å². The first-order valence-electron chi connectivity index (χ1n) is 6.12. The number of rotatable bonds is 3. The van der Waals surface area contributed by atoms with Crippen molar-refractivity contribution in [2.75, 3.05) is 10.5 Å². The number of pyridine rings is 1. The third kappa shape index (κ3) is 2.60. The van der Waals surface area contributed by atoms with Gasteiger partial charge >= 0.3 is 0 Å². The van der Waals surface area contributed by atoms with E-state index >= 15 is 0 Å². The summed E-state index contributed by atoms with van der Waals surface area (Å²) in [5.41, 5.74) is 8.88. The smallest absolute Gasteiger partial charge is 0.262 e. The highest BCUT2D eigenvalue weighted by molar-refractivity contribution is 7.92. The lowest BCUT2D eigenvalue weighted by Crippen LogP contribution is -2.17. The molecule has 2 rings (SSSR count). The summed E-state index contributed by atoms with van der Waals surface area (Å²) in [6.45, 7) is 5.33. The molecule has 1 aromatic heterocycles. The number of hydrogen-bond acceptors (Lipinski definition) is 4. The number of aryl methyl sites for hydroxylation is 1. The fourth-order valence-electron chi connectivity index (χ4n) is 2.07. The number of hydrogen-bond donors (Lipinski definition) is 2. The molecule has 0 saturated heterocycles. The van der Waals surface area contributed by atoms with Gasteiger partial charge in [0, 0.05) is 11.9 Å². The Hall–Kier alpha value is -2.08. The normalized spacial score (nSPS) is 11.3. The van der Waals surface area contributed by atoms with Crippen LogP contribution in [0, 0.1) is 20.8 Å². The lowest BCUT2D eigenvalue weighted by molar-refractivity contribution is 0.600. The zero-order valence-corrected chi connectivity index (χ0v) is 12.5. The van der Waals surface area contributed by atoms with Gasteiger partial charge in [-0.25, -0.2) is 8.42 Å². The fraction of sp³-hybridized carbons (Fsp3) is 0.214. The molecule has 6 heteroatoms. The lowest BCUT2D eigenvalue weighted by atomic mass is 10.1. The number of nitrogens with two attached hydrogens (primary N) is 1. The maximum atomic E-state index is 12.6. The van der Waals surface area contributed by atoms with Gasteiger partial charge in [0.2, 0.25) is 0 Å². The van der Waals surface area contributed by atoms with Crippen molar-refractivity contribution in [1.29, 1.82) is 0 Å². The van der Waals surface area contributed by atoms with E-state index in [1.165, 1.54) is 6.20 Å². The van der Waals surface area contributed by atoms with Gasteiger partial charge in [0.15, 0.2) is 0 Å². The average molecular weight is 291 g/mol. The summed E-state index contributed by atoms with van der Waals surface area (Å²) in [5.74, 6) is 0. The van der Waals surface area contributed by atoms with Crippen molar-refractivity contribution in [2.45, 2.75) is 25.7 Å². The molecule has 0 bridgehead atoms. The minimum absolute atomic E-state index is 0.235. The molecule has 0 spiro atoms. The molecule has 106 valence electrons. The molecule has 5 nitrogen and oxygen atoms in total. The molecular weight excluding hydrogens is 274 g/mol. The van der Waals surface area contributed by atoms with E-state index in [1.807, 2.05) is 6.92 Å². The van der Waals surface area contributed by atoms with Crippen molar-refractivity contribution in [3.8, 4) is 0 Å². The molecule has 3 N–H and O–H groups in total. The molecule has 0 aliphatic carbocycles. The molecule has 0 fully saturated rings. The number of nitrogen functional groups attached to an aromatic ring is 1. The molecule has 1 aromatic carbocycles. The molecule has 0 amide bonds. The Morgan fingerprint density at radius 3 is 2.50 bits per heavy atom. The van der Waals surface area contributed by atoms with Gasteiger partial charge in [-0.2, -0.15) is 0 Å². The topological polar surface area (TPSA) is 85.1 Å². The van der Waals surface area contributed by atoms with Crippen molar-refractivity contribution < 1.29 is 8.42 Å². The van der Waals surface area contributed by atoms with Crippen LogP contribution in [-0.2, 0) is 10.0 Å². The van der Waals surface area contributed by atoms with Crippen LogP contribution in [0.5, 0.6) is 0 Å². The second kappa shape index (κ2) is 5.13. The van der Waals surface area contributed by atoms with Crippen LogP contribution in [0.4, 0.5) is 11.4 Å². The molecule has 20 heavy (non-hydrogen) atoms. The highest BCUT2D eigenvalue weighted by atomic mass is 32.2. The van der Waals surface area contributed by atoms with E-state index in [9.17, 15) is 8.42 Å². The van der Waals surface area contributed by atoms with Crippen LogP contribution in [0.1, 0.15) is 16.7 Å². The first kappa shape index (κ1) is 14.3. The molecule has 0 aliphatic rings. The molecule has 1 heterocycles. The van der Waals surface area contributed by atoms with Gasteiger partial charge in [-0.05, 0) is 55.7 Å². The number of benzene rings is 1. The number of nitrogens with zero attached hydrogens (tertiary/aromatic N) is 1. The quantitative estimate of drug-likeness (QED) is 0.850. The predicted molar refractivity (Wildman–Crippen MR) is 80.1 cm³/mol. The largest absolute Gasteiger partial charge is 0.398 e. The summed E-state index contributed by atoms with van der Waals surface area (Å²) in [4.78, 5) is 4.13. The van der Waals surface area contributed by atoms with Crippen molar-refractivity contribution in [3.63, 3.8) is 0 Å². The second-order valence-corrected chi connectivity index (χ2v) is 6.33. The third-order valence-corrected chi connectivity index (χ3v) is 4.91. The second-order valence-electron chi connectivity index (χ2n) is 4.71. The summed E-state index contributed by atoms with van der Waals surface area (Å²) in [7, 11) is -3.69. The van der Waals surface area contributed by atoms with Crippen molar-refractivity contribution in [2.24, 2.45) is 0 Å². The van der Waals surface area contributed by atoms with Gasteiger partial charge in [-0.15, -0.1) is 0 Å². The first-order valence-corrected chi connectivity index (χ1v) is 7.60. The Labute approximate surface area is 118 Å². The number of aromatic nitrogens is 1. The molecule has 0 atom stereocenters. The Morgan fingerprint density at radius 2 is 1.90 bits per heavy atom. The molecule has 0 aliphatic heterocycles. The summed E-state index contributed by atoms with van der Waals surface area (Å²) in [6, 6.07) is 5.10. The van der Waals surface area contributed by atoms with Gasteiger partial charge in [0.05, 0.1) is 16.8 Å². The third-order valence-electron chi connectivity index (χ3n) is 3.26. The maximum Gasteiger partial charge on any atom is 0.262 e. The average Bonchev–Trinajstić information content (AvgIpc) is 2.37. The molecule has 2 aromatic rings. The summed E-state index contributed by atoms with van der Waals surface area (Å²) in [6.07, 6.45) is 3.04. The van der Waals surface area contributed by atoms with E-state index in [4.69, 9.17) is 5.73 Å². The van der Waals surface area contributed by atoms with Gasteiger partial charge < -0.3 is 5.73 Å². The summed E-state index contributed by atoms with van der Waals surface area (Å²) < 4.78 is 27.6. The Bertz CT molecular complexity index is 715. The minimum Gasteiger partial charge on any atom is -0.398 e. The molecule has 0 radical (unpaired) electrons. The number of nitrogens with one attached hydrogen (secondary N) is 1. The maximum absolute atomic E-state index is 12.6. The Balaban J connectivity index is 2.56. The molecule has 0 unspecified atom stereocenters. The number of anilines is 2. The zero-order valence-electron chi connectivity index (χ0n) is 11.6. The molecular formula is C14H17N3O2S. The number of sulfonamides is 1. The van der Waals surface area contributed by atoms with Crippen LogP contribution in [0.3, 0.4) is 0 Å². The van der Waals surface area contributed by atoms with Crippen molar-refractivity contribution in [3.05, 3.63) is 47.3 Å². The van der Waals surface area contributed by atoms with Crippen LogP contribution in [-0.4, -0.2) is 13.4 Å². The Morgan fingerprint density at radius 1 is 1.20 bits per heavy atom. The highest BCUT2D eigenvalue weighted by Crippen LogP contribution is 2.29. The zero-order chi connectivity index (χ0) is 14.9. The summed E-state index contributed by atoms with van der Waals surface area (Å²) in [5, 5.41) is 0. The fourth-order valence-corrected chi connectivity index (χ4v) is 3.69. The standard InChI is InChI=1S/C14H17N3O2S/c1-9-7-13(15)11(3)14(10(9)2)20(18,19)17-12-5-4-6-16-8-12/h4-8,17H,15H2,1-3H3. The van der Waals surface area contributed by atoms with Crippen LogP contribution in [0.2, 0.25) is 0 Å². The van der Waals surface area contributed by atoms with E-state index in [-0.39, 0.29) is 4.90 Å². The predicted octanol–water partition coefficient (Wildman–Crippen LogP) is 2.39. The first-order chi connectivity index (χ1) is 9.33. The highest BCUT2D eigenvalue weighted by Gasteiger charge is 2.22. The van der Waals surface area contributed by atoms with Crippen LogP contribution in [0.25, 0.3) is 0 Å². The monoisotopic (exact) mass is 291 g/mol. The van der Waals surface area contributed by atoms with Crippen LogP contribution < -0.4 is 10.5 Å². The Kier molecular flexibility index (Phi) is 3.67. The summed E-state index contributed by atoms with van der Waals surface area (Å²) >= 11 is 0. The van der Waals surface area contributed by atoms with Crippen LogP contribution >= 0.6 is 0 Å². The molecule has 0 saturated carbocycles. The van der Waals surface area contributed by atoms with Gasteiger partial charge in [0.25, 0.3) is 10.0 Å².